The average Bonchev–Trinajstić information content (AvgIpc) is 2.61. The highest BCUT2D eigenvalue weighted by atomic mass is 35.5. The van der Waals surface area contributed by atoms with E-state index in [0.29, 0.717) is 36.5 Å². The van der Waals surface area contributed by atoms with Crippen molar-refractivity contribution in [2.45, 2.75) is 19.9 Å². The molecule has 2 aliphatic rings. The van der Waals surface area contributed by atoms with Crippen molar-refractivity contribution in [3.8, 4) is 11.5 Å². The van der Waals surface area contributed by atoms with Crippen LogP contribution in [0.5, 0.6) is 11.5 Å². The molecule has 0 aliphatic carbocycles. The smallest absolute Gasteiger partial charge is 0.262 e. The molecule has 2 amide bonds. The van der Waals surface area contributed by atoms with Gasteiger partial charge in [-0.3, -0.25) is 9.59 Å². The lowest BCUT2D eigenvalue weighted by molar-refractivity contribution is -0.118. The Bertz CT molecular complexity index is 942. The second-order valence-corrected chi connectivity index (χ2v) is 6.96. The Balaban J connectivity index is 1.62. The minimum Gasteiger partial charge on any atom is -0.508 e. The molecule has 2 aliphatic heterocycles. The summed E-state index contributed by atoms with van der Waals surface area (Å²) in [6.07, 6.45) is 0.671. The topological polar surface area (TPSA) is 78.9 Å². The zero-order valence-corrected chi connectivity index (χ0v) is 14.9. The van der Waals surface area contributed by atoms with Crippen molar-refractivity contribution in [1.29, 1.82) is 0 Å². The van der Waals surface area contributed by atoms with E-state index in [2.05, 4.69) is 5.32 Å². The van der Waals surface area contributed by atoms with Crippen molar-refractivity contribution in [2.75, 3.05) is 18.5 Å². The van der Waals surface area contributed by atoms with Crippen molar-refractivity contribution < 1.29 is 19.4 Å². The van der Waals surface area contributed by atoms with E-state index < -0.39 is 0 Å². The minimum absolute atomic E-state index is 0.0812. The van der Waals surface area contributed by atoms with Gasteiger partial charge in [-0.25, -0.2) is 0 Å². The second kappa shape index (κ2) is 6.21. The predicted molar refractivity (Wildman–Crippen MR) is 96.9 cm³/mol. The highest BCUT2D eigenvalue weighted by Gasteiger charge is 2.26. The number of hydrogen-bond acceptors (Lipinski definition) is 4. The highest BCUT2D eigenvalue weighted by molar-refractivity contribution is 6.34. The number of phenols is 1. The predicted octanol–water partition coefficient (Wildman–Crippen LogP) is 2.88. The van der Waals surface area contributed by atoms with Gasteiger partial charge >= 0.3 is 0 Å². The number of fused-ring (bicyclic) bond motifs is 2. The van der Waals surface area contributed by atoms with E-state index in [1.807, 2.05) is 13.0 Å². The first kappa shape index (κ1) is 16.7. The Morgan fingerprint density at radius 2 is 2.08 bits per heavy atom. The number of anilines is 1. The van der Waals surface area contributed by atoms with Gasteiger partial charge in [0.05, 0.1) is 16.3 Å². The van der Waals surface area contributed by atoms with E-state index >= 15 is 0 Å². The first-order chi connectivity index (χ1) is 12.4. The number of nitrogens with zero attached hydrogens (tertiary/aromatic N) is 1. The summed E-state index contributed by atoms with van der Waals surface area (Å²) in [6, 6.07) is 6.81. The first-order valence-corrected chi connectivity index (χ1v) is 8.67. The molecule has 7 heteroatoms. The van der Waals surface area contributed by atoms with Gasteiger partial charge in [-0.1, -0.05) is 17.7 Å². The molecule has 0 saturated carbocycles. The first-order valence-electron chi connectivity index (χ1n) is 8.29. The third kappa shape index (κ3) is 2.86. The number of aryl methyl sites for hydroxylation is 1. The normalized spacial score (nSPS) is 15.6. The molecule has 0 spiro atoms. The number of carbonyl (C=O) groups is 2. The molecular formula is C19H17ClN2O4. The van der Waals surface area contributed by atoms with Gasteiger partial charge in [0.15, 0.2) is 6.61 Å². The molecule has 0 bridgehead atoms. The van der Waals surface area contributed by atoms with Crippen LogP contribution < -0.4 is 10.1 Å². The number of halogens is 1. The van der Waals surface area contributed by atoms with Gasteiger partial charge < -0.3 is 20.1 Å². The van der Waals surface area contributed by atoms with Gasteiger partial charge in [0, 0.05) is 13.1 Å². The van der Waals surface area contributed by atoms with Crippen molar-refractivity contribution in [2.24, 2.45) is 0 Å². The van der Waals surface area contributed by atoms with Gasteiger partial charge in [-0.15, -0.1) is 0 Å². The lowest BCUT2D eigenvalue weighted by Crippen LogP contribution is -2.36. The molecule has 0 aromatic heterocycles. The summed E-state index contributed by atoms with van der Waals surface area (Å²) in [6.45, 7) is 2.75. The summed E-state index contributed by atoms with van der Waals surface area (Å²) in [5, 5.41) is 12.8. The number of phenolic OH excluding ortho intramolecular Hbond substituents is 1. The van der Waals surface area contributed by atoms with Crippen LogP contribution in [0.15, 0.2) is 24.3 Å². The summed E-state index contributed by atoms with van der Waals surface area (Å²) in [4.78, 5) is 26.1. The van der Waals surface area contributed by atoms with E-state index in [0.717, 1.165) is 16.7 Å². The highest BCUT2D eigenvalue weighted by Crippen LogP contribution is 2.35. The summed E-state index contributed by atoms with van der Waals surface area (Å²) in [7, 11) is 0. The molecule has 0 radical (unpaired) electrons. The summed E-state index contributed by atoms with van der Waals surface area (Å²) in [5.41, 5.74) is 3.68. The Morgan fingerprint density at radius 3 is 2.88 bits per heavy atom. The van der Waals surface area contributed by atoms with Crippen LogP contribution in [0.3, 0.4) is 0 Å². The largest absolute Gasteiger partial charge is 0.508 e. The van der Waals surface area contributed by atoms with Crippen molar-refractivity contribution in [3.63, 3.8) is 0 Å². The van der Waals surface area contributed by atoms with E-state index in [-0.39, 0.29) is 29.2 Å². The molecule has 0 fully saturated rings. The van der Waals surface area contributed by atoms with Crippen LogP contribution in [0.2, 0.25) is 5.02 Å². The molecule has 26 heavy (non-hydrogen) atoms. The maximum absolute atomic E-state index is 13.0. The van der Waals surface area contributed by atoms with Crippen LogP contribution in [0.25, 0.3) is 0 Å². The molecule has 6 nitrogen and oxygen atoms in total. The van der Waals surface area contributed by atoms with E-state index in [1.165, 1.54) is 0 Å². The van der Waals surface area contributed by atoms with Crippen LogP contribution in [0.4, 0.5) is 5.69 Å². The van der Waals surface area contributed by atoms with Crippen LogP contribution in [-0.2, 0) is 17.8 Å². The fraction of sp³-hybridized carbons (Fsp3) is 0.263. The molecule has 0 atom stereocenters. The van der Waals surface area contributed by atoms with Gasteiger partial charge in [0.25, 0.3) is 11.8 Å². The lowest BCUT2D eigenvalue weighted by atomic mass is 9.96. The van der Waals surface area contributed by atoms with Gasteiger partial charge in [0.2, 0.25) is 0 Å². The Labute approximate surface area is 155 Å². The number of amides is 2. The fourth-order valence-electron chi connectivity index (χ4n) is 3.33. The number of hydrogen-bond donors (Lipinski definition) is 2. The summed E-state index contributed by atoms with van der Waals surface area (Å²) in [5.74, 6) is 0.282. The molecule has 2 N–H and O–H groups in total. The molecule has 4 rings (SSSR count). The van der Waals surface area contributed by atoms with Crippen LogP contribution in [0.1, 0.15) is 27.0 Å². The number of rotatable bonds is 1. The lowest BCUT2D eigenvalue weighted by Gasteiger charge is -2.30. The van der Waals surface area contributed by atoms with E-state index in [4.69, 9.17) is 16.3 Å². The number of benzene rings is 2. The van der Waals surface area contributed by atoms with Gasteiger partial charge in [0.1, 0.15) is 11.5 Å². The Hall–Kier alpha value is -2.73. The zero-order chi connectivity index (χ0) is 18.4. The van der Waals surface area contributed by atoms with E-state index in [9.17, 15) is 14.7 Å². The molecule has 2 heterocycles. The quantitative estimate of drug-likeness (QED) is 0.806. The van der Waals surface area contributed by atoms with Crippen molar-refractivity contribution in [3.05, 3.63) is 51.5 Å². The average molecular weight is 373 g/mol. The van der Waals surface area contributed by atoms with Crippen molar-refractivity contribution in [1.82, 2.24) is 4.90 Å². The molecule has 2 aromatic rings. The SMILES string of the molecule is Cc1cc2c(cc1O)CCN(C(=O)c1cc3c(cc1Cl)NC(=O)CO3)C2. The summed E-state index contributed by atoms with van der Waals surface area (Å²) < 4.78 is 5.38. The molecule has 0 saturated heterocycles. The number of ether oxygens (including phenoxy) is 1. The minimum atomic E-state index is -0.251. The van der Waals surface area contributed by atoms with Crippen LogP contribution >= 0.6 is 11.6 Å². The second-order valence-electron chi connectivity index (χ2n) is 6.55. The fourth-order valence-corrected chi connectivity index (χ4v) is 3.57. The zero-order valence-electron chi connectivity index (χ0n) is 14.1. The maximum Gasteiger partial charge on any atom is 0.262 e. The maximum atomic E-state index is 13.0. The molecule has 0 unspecified atom stereocenters. The number of nitrogens with one attached hydrogen (secondary N) is 1. The monoisotopic (exact) mass is 372 g/mol. The Kier molecular flexibility index (Phi) is 4.00. The van der Waals surface area contributed by atoms with Crippen molar-refractivity contribution >= 4 is 29.1 Å². The standard InChI is InChI=1S/C19H17ClN2O4/c1-10-4-12-8-22(3-2-11(12)5-16(10)23)19(25)13-6-17-15(7-14(13)20)21-18(24)9-26-17/h4-7,23H,2-3,8-9H2,1H3,(H,21,24). The Morgan fingerprint density at radius 1 is 1.27 bits per heavy atom. The van der Waals surface area contributed by atoms with E-state index in [1.54, 1.807) is 23.1 Å². The van der Waals surface area contributed by atoms with Crippen LogP contribution in [-0.4, -0.2) is 35.0 Å². The molecular weight excluding hydrogens is 356 g/mol. The van der Waals surface area contributed by atoms with Gasteiger partial charge in [-0.05, 0) is 48.2 Å². The molecule has 134 valence electrons. The van der Waals surface area contributed by atoms with Crippen LogP contribution in [0, 0.1) is 6.92 Å². The number of carbonyl (C=O) groups excluding carboxylic acids is 2. The van der Waals surface area contributed by atoms with Gasteiger partial charge in [-0.2, -0.15) is 0 Å². The summed E-state index contributed by atoms with van der Waals surface area (Å²) >= 11 is 6.28. The number of aromatic hydroxyl groups is 1. The molecule has 2 aromatic carbocycles. The third-order valence-corrected chi connectivity index (χ3v) is 5.06. The third-order valence-electron chi connectivity index (χ3n) is 4.75.